The van der Waals surface area contributed by atoms with Gasteiger partial charge in [-0.05, 0) is 56.7 Å². The molecule has 2 rings (SSSR count). The maximum Gasteiger partial charge on any atom is 0.260 e. The molecule has 1 amide bonds. The highest BCUT2D eigenvalue weighted by Crippen LogP contribution is 2.23. The van der Waals surface area contributed by atoms with Gasteiger partial charge in [-0.15, -0.1) is 0 Å². The zero-order valence-electron chi connectivity index (χ0n) is 13.6. The molecule has 1 aliphatic heterocycles. The molecule has 1 saturated heterocycles. The van der Waals surface area contributed by atoms with E-state index in [2.05, 4.69) is 39.8 Å². The highest BCUT2D eigenvalue weighted by molar-refractivity contribution is 5.78. The van der Waals surface area contributed by atoms with Crippen LogP contribution in [-0.2, 0) is 4.79 Å². The van der Waals surface area contributed by atoms with E-state index < -0.39 is 0 Å². The highest BCUT2D eigenvalue weighted by atomic mass is 16.5. The molecular weight excluding hydrogens is 262 g/mol. The molecule has 1 aliphatic rings. The molecule has 0 N–H and O–H groups in total. The van der Waals surface area contributed by atoms with Crippen LogP contribution >= 0.6 is 0 Å². The zero-order chi connectivity index (χ0) is 15.4. The van der Waals surface area contributed by atoms with Crippen molar-refractivity contribution in [3.8, 4) is 5.75 Å². The molecule has 0 spiro atoms. The minimum Gasteiger partial charge on any atom is -0.484 e. The number of ether oxygens (including phenoxy) is 1. The van der Waals surface area contributed by atoms with Gasteiger partial charge in [-0.2, -0.15) is 0 Å². The Morgan fingerprint density at radius 1 is 1.19 bits per heavy atom. The average Bonchev–Trinajstić information content (AvgIpc) is 2.45. The fourth-order valence-corrected chi connectivity index (χ4v) is 3.08. The second-order valence-electron chi connectivity index (χ2n) is 6.44. The van der Waals surface area contributed by atoms with Gasteiger partial charge in [0.25, 0.3) is 5.91 Å². The topological polar surface area (TPSA) is 29.5 Å². The Morgan fingerprint density at radius 3 is 2.29 bits per heavy atom. The summed E-state index contributed by atoms with van der Waals surface area (Å²) in [5.74, 6) is 1.38. The summed E-state index contributed by atoms with van der Waals surface area (Å²) in [6.45, 7) is 8.72. The summed E-state index contributed by atoms with van der Waals surface area (Å²) in [5.41, 5.74) is 1.28. The Labute approximate surface area is 128 Å². The molecular formula is C18H27NO2. The number of benzene rings is 1. The molecule has 21 heavy (non-hydrogen) atoms. The Kier molecular flexibility index (Phi) is 5.27. The van der Waals surface area contributed by atoms with Crippen LogP contribution in [-0.4, -0.2) is 29.5 Å². The number of likely N-dealkylation sites (tertiary alicyclic amines) is 1. The van der Waals surface area contributed by atoms with Crippen molar-refractivity contribution in [2.45, 2.75) is 65.0 Å². The van der Waals surface area contributed by atoms with Crippen molar-refractivity contribution in [3.63, 3.8) is 0 Å². The van der Waals surface area contributed by atoms with Crippen LogP contribution in [0, 0.1) is 0 Å². The number of nitrogens with zero attached hydrogens (tertiary/aromatic N) is 1. The lowest BCUT2D eigenvalue weighted by Gasteiger charge is -2.38. The maximum atomic E-state index is 12.4. The molecule has 1 fully saturated rings. The molecule has 0 aliphatic carbocycles. The lowest BCUT2D eigenvalue weighted by atomic mass is 9.97. The molecule has 0 unspecified atom stereocenters. The van der Waals surface area contributed by atoms with Gasteiger partial charge in [-0.25, -0.2) is 0 Å². The van der Waals surface area contributed by atoms with E-state index >= 15 is 0 Å². The van der Waals surface area contributed by atoms with Gasteiger partial charge in [0.05, 0.1) is 0 Å². The first-order valence-corrected chi connectivity index (χ1v) is 8.03. The zero-order valence-corrected chi connectivity index (χ0v) is 13.6. The summed E-state index contributed by atoms with van der Waals surface area (Å²) >= 11 is 0. The van der Waals surface area contributed by atoms with E-state index in [9.17, 15) is 4.79 Å². The van der Waals surface area contributed by atoms with Crippen molar-refractivity contribution in [1.82, 2.24) is 4.90 Å². The molecule has 0 bridgehead atoms. The fraction of sp³-hybridized carbons (Fsp3) is 0.611. The summed E-state index contributed by atoms with van der Waals surface area (Å²) in [4.78, 5) is 14.4. The summed E-state index contributed by atoms with van der Waals surface area (Å²) in [6, 6.07) is 8.69. The van der Waals surface area contributed by atoms with E-state index in [1.54, 1.807) is 0 Å². The van der Waals surface area contributed by atoms with Crippen molar-refractivity contribution < 1.29 is 9.53 Å². The minimum atomic E-state index is 0.0997. The smallest absolute Gasteiger partial charge is 0.260 e. The van der Waals surface area contributed by atoms with Gasteiger partial charge in [0, 0.05) is 12.1 Å². The first kappa shape index (κ1) is 15.9. The van der Waals surface area contributed by atoms with Crippen LogP contribution < -0.4 is 4.74 Å². The van der Waals surface area contributed by atoms with Gasteiger partial charge in [-0.1, -0.05) is 26.0 Å². The molecule has 1 aromatic rings. The van der Waals surface area contributed by atoms with E-state index in [1.807, 2.05) is 17.0 Å². The van der Waals surface area contributed by atoms with Crippen LogP contribution in [0.4, 0.5) is 0 Å². The summed E-state index contributed by atoms with van der Waals surface area (Å²) < 4.78 is 5.66. The van der Waals surface area contributed by atoms with Gasteiger partial charge in [-0.3, -0.25) is 4.79 Å². The predicted molar refractivity (Wildman–Crippen MR) is 85.6 cm³/mol. The average molecular weight is 289 g/mol. The Morgan fingerprint density at radius 2 is 1.76 bits per heavy atom. The Bertz CT molecular complexity index is 457. The number of carbonyl (C=O) groups is 1. The van der Waals surface area contributed by atoms with Gasteiger partial charge < -0.3 is 9.64 Å². The SMILES string of the molecule is CC(C)c1ccc(OCC(=O)N2[C@H](C)CCC[C@H]2C)cc1. The van der Waals surface area contributed by atoms with Gasteiger partial charge in [0.2, 0.25) is 0 Å². The second kappa shape index (κ2) is 6.97. The predicted octanol–water partition coefficient (Wildman–Crippen LogP) is 3.98. The molecule has 0 radical (unpaired) electrons. The molecule has 2 atom stereocenters. The summed E-state index contributed by atoms with van der Waals surface area (Å²) in [7, 11) is 0. The molecule has 116 valence electrons. The number of amides is 1. The van der Waals surface area contributed by atoms with Gasteiger partial charge in [0.15, 0.2) is 6.61 Å². The minimum absolute atomic E-state index is 0.0997. The largest absolute Gasteiger partial charge is 0.484 e. The third kappa shape index (κ3) is 3.99. The van der Waals surface area contributed by atoms with Crippen LogP contribution in [0.25, 0.3) is 0 Å². The maximum absolute atomic E-state index is 12.4. The summed E-state index contributed by atoms with van der Waals surface area (Å²) in [6.07, 6.45) is 3.40. The highest BCUT2D eigenvalue weighted by Gasteiger charge is 2.28. The van der Waals surface area contributed by atoms with Gasteiger partial charge >= 0.3 is 0 Å². The van der Waals surface area contributed by atoms with E-state index in [4.69, 9.17) is 4.74 Å². The van der Waals surface area contributed by atoms with Crippen LogP contribution in [0.2, 0.25) is 0 Å². The molecule has 3 heteroatoms. The number of piperidine rings is 1. The van der Waals surface area contributed by atoms with Gasteiger partial charge in [0.1, 0.15) is 5.75 Å². The van der Waals surface area contributed by atoms with Crippen LogP contribution in [0.15, 0.2) is 24.3 Å². The molecule has 1 heterocycles. The van der Waals surface area contributed by atoms with E-state index in [1.165, 1.54) is 12.0 Å². The number of carbonyl (C=O) groups excluding carboxylic acids is 1. The number of hydrogen-bond acceptors (Lipinski definition) is 2. The van der Waals surface area contributed by atoms with Crippen molar-refractivity contribution in [2.24, 2.45) is 0 Å². The van der Waals surface area contributed by atoms with Crippen LogP contribution in [0.5, 0.6) is 5.75 Å². The Balaban J connectivity index is 1.91. The molecule has 1 aromatic carbocycles. The van der Waals surface area contributed by atoms with Crippen molar-refractivity contribution in [2.75, 3.05) is 6.61 Å². The molecule has 0 saturated carbocycles. The normalized spacial score (nSPS) is 22.4. The van der Waals surface area contributed by atoms with E-state index in [0.29, 0.717) is 18.0 Å². The quantitative estimate of drug-likeness (QED) is 0.839. The lowest BCUT2D eigenvalue weighted by Crippen LogP contribution is -2.49. The van der Waals surface area contributed by atoms with Crippen LogP contribution in [0.3, 0.4) is 0 Å². The van der Waals surface area contributed by atoms with E-state index in [-0.39, 0.29) is 12.5 Å². The summed E-state index contributed by atoms with van der Waals surface area (Å²) in [5, 5.41) is 0. The molecule has 0 aromatic heterocycles. The van der Waals surface area contributed by atoms with E-state index in [0.717, 1.165) is 18.6 Å². The number of hydrogen-bond donors (Lipinski definition) is 0. The lowest BCUT2D eigenvalue weighted by molar-refractivity contribution is -0.139. The third-order valence-corrected chi connectivity index (χ3v) is 4.39. The first-order chi connectivity index (χ1) is 9.99. The standard InChI is InChI=1S/C18H27NO2/c1-13(2)16-8-10-17(11-9-16)21-12-18(20)19-14(3)6-5-7-15(19)4/h8-11,13-15H,5-7,12H2,1-4H3/t14-,15-/m1/s1. The van der Waals surface area contributed by atoms with Crippen molar-refractivity contribution in [3.05, 3.63) is 29.8 Å². The Hall–Kier alpha value is -1.51. The number of rotatable bonds is 4. The molecule has 3 nitrogen and oxygen atoms in total. The van der Waals surface area contributed by atoms with Crippen LogP contribution in [0.1, 0.15) is 58.4 Å². The third-order valence-electron chi connectivity index (χ3n) is 4.39. The second-order valence-corrected chi connectivity index (χ2v) is 6.44. The fourth-order valence-electron chi connectivity index (χ4n) is 3.08. The van der Waals surface area contributed by atoms with Crippen molar-refractivity contribution in [1.29, 1.82) is 0 Å². The monoisotopic (exact) mass is 289 g/mol. The first-order valence-electron chi connectivity index (χ1n) is 8.03. The van der Waals surface area contributed by atoms with Crippen molar-refractivity contribution >= 4 is 5.91 Å².